The van der Waals surface area contributed by atoms with E-state index in [9.17, 15) is 5.11 Å². The minimum atomic E-state index is 0.0897. The Kier molecular flexibility index (Phi) is 5.39. The van der Waals surface area contributed by atoms with E-state index in [1.807, 2.05) is 6.92 Å². The third kappa shape index (κ3) is 3.83. The van der Waals surface area contributed by atoms with Crippen LogP contribution in [0.3, 0.4) is 0 Å². The van der Waals surface area contributed by atoms with Crippen molar-refractivity contribution in [2.45, 2.75) is 65.8 Å². The summed E-state index contributed by atoms with van der Waals surface area (Å²) >= 11 is 0. The average Bonchev–Trinajstić information content (AvgIpc) is 2.45. The second-order valence-electron chi connectivity index (χ2n) is 6.90. The zero-order valence-corrected chi connectivity index (χ0v) is 14.0. The monoisotopic (exact) mass is 290 g/mol. The molecule has 0 amide bonds. The molecule has 1 aromatic rings. The first-order valence-corrected chi connectivity index (χ1v) is 8.26. The van der Waals surface area contributed by atoms with E-state index in [1.165, 1.54) is 30.4 Å². The lowest BCUT2D eigenvalue weighted by Gasteiger charge is -2.37. The van der Waals surface area contributed by atoms with E-state index in [-0.39, 0.29) is 11.5 Å². The quantitative estimate of drug-likeness (QED) is 0.871. The van der Waals surface area contributed by atoms with Gasteiger partial charge in [0.15, 0.2) is 0 Å². The fourth-order valence-corrected chi connectivity index (χ4v) is 3.85. The number of aliphatic hydroxyl groups is 1. The molecule has 118 valence electrons. The van der Waals surface area contributed by atoms with Gasteiger partial charge in [-0.25, -0.2) is 0 Å². The Labute approximate surface area is 129 Å². The molecular formula is C18H30N2O. The first kappa shape index (κ1) is 16.4. The predicted molar refractivity (Wildman–Crippen MR) is 87.5 cm³/mol. The van der Waals surface area contributed by atoms with E-state index < -0.39 is 0 Å². The number of pyridine rings is 1. The maximum Gasteiger partial charge on any atom is 0.0499 e. The average molecular weight is 290 g/mol. The van der Waals surface area contributed by atoms with Crippen molar-refractivity contribution >= 4 is 0 Å². The summed E-state index contributed by atoms with van der Waals surface area (Å²) in [5, 5.41) is 13.5. The molecule has 1 aliphatic rings. The Morgan fingerprint density at radius 1 is 1.24 bits per heavy atom. The summed E-state index contributed by atoms with van der Waals surface area (Å²) < 4.78 is 0. The number of hydrogen-bond acceptors (Lipinski definition) is 3. The number of hydrogen-bond donors (Lipinski definition) is 2. The molecule has 1 unspecified atom stereocenters. The third-order valence-electron chi connectivity index (χ3n) is 5.05. The van der Waals surface area contributed by atoms with Crippen LogP contribution in [0.15, 0.2) is 6.07 Å². The van der Waals surface area contributed by atoms with Crippen LogP contribution in [-0.2, 0) is 0 Å². The lowest BCUT2D eigenvalue weighted by atomic mass is 9.74. The zero-order valence-electron chi connectivity index (χ0n) is 14.0. The molecule has 1 saturated carbocycles. The standard InChI is InChI=1S/C18H30N2O/c1-13-10-14(2)20-16(4)17(13)15(3)19-11-18(12-21)8-6-5-7-9-18/h10,15,19,21H,5-9,11-12H2,1-4H3. The van der Waals surface area contributed by atoms with Crippen molar-refractivity contribution in [3.8, 4) is 0 Å². The second-order valence-corrected chi connectivity index (χ2v) is 6.90. The lowest BCUT2D eigenvalue weighted by Crippen LogP contribution is -2.40. The number of nitrogens with zero attached hydrogens (tertiary/aromatic N) is 1. The van der Waals surface area contributed by atoms with Crippen molar-refractivity contribution in [2.24, 2.45) is 5.41 Å². The molecule has 2 rings (SSSR count). The van der Waals surface area contributed by atoms with Gasteiger partial charge in [0.1, 0.15) is 0 Å². The van der Waals surface area contributed by atoms with Gasteiger partial charge in [0.05, 0.1) is 0 Å². The fraction of sp³-hybridized carbons (Fsp3) is 0.722. The van der Waals surface area contributed by atoms with Crippen LogP contribution in [0.2, 0.25) is 0 Å². The van der Waals surface area contributed by atoms with Crippen LogP contribution in [0.1, 0.15) is 67.6 Å². The van der Waals surface area contributed by atoms with Gasteiger partial charge in [0.2, 0.25) is 0 Å². The van der Waals surface area contributed by atoms with E-state index in [0.29, 0.717) is 6.61 Å². The molecule has 1 aliphatic carbocycles. The maximum absolute atomic E-state index is 9.82. The Morgan fingerprint density at radius 2 is 1.90 bits per heavy atom. The van der Waals surface area contributed by atoms with Gasteiger partial charge in [0.25, 0.3) is 0 Å². The van der Waals surface area contributed by atoms with Gasteiger partial charge in [-0.15, -0.1) is 0 Å². The third-order valence-corrected chi connectivity index (χ3v) is 5.05. The molecule has 3 nitrogen and oxygen atoms in total. The van der Waals surface area contributed by atoms with Gasteiger partial charge in [-0.3, -0.25) is 4.98 Å². The van der Waals surface area contributed by atoms with Gasteiger partial charge >= 0.3 is 0 Å². The van der Waals surface area contributed by atoms with E-state index in [1.54, 1.807) is 0 Å². The first-order chi connectivity index (χ1) is 9.97. The topological polar surface area (TPSA) is 45.1 Å². The van der Waals surface area contributed by atoms with Crippen molar-refractivity contribution in [3.05, 3.63) is 28.6 Å². The molecule has 1 atom stereocenters. The molecule has 0 spiro atoms. The summed E-state index contributed by atoms with van der Waals surface area (Å²) in [4.78, 5) is 4.60. The van der Waals surface area contributed by atoms with Gasteiger partial charge < -0.3 is 10.4 Å². The summed E-state index contributed by atoms with van der Waals surface area (Å²) in [7, 11) is 0. The van der Waals surface area contributed by atoms with Crippen molar-refractivity contribution in [1.82, 2.24) is 10.3 Å². The van der Waals surface area contributed by atoms with Gasteiger partial charge in [-0.2, -0.15) is 0 Å². The Hall–Kier alpha value is -0.930. The molecule has 1 fully saturated rings. The first-order valence-electron chi connectivity index (χ1n) is 8.26. The lowest BCUT2D eigenvalue weighted by molar-refractivity contribution is 0.0788. The highest BCUT2D eigenvalue weighted by Gasteiger charge is 2.31. The van der Waals surface area contributed by atoms with Crippen LogP contribution in [0.4, 0.5) is 0 Å². The smallest absolute Gasteiger partial charge is 0.0499 e. The highest BCUT2D eigenvalue weighted by Crippen LogP contribution is 2.36. The van der Waals surface area contributed by atoms with Crippen molar-refractivity contribution in [2.75, 3.05) is 13.2 Å². The Balaban J connectivity index is 2.06. The number of aromatic nitrogens is 1. The molecule has 0 bridgehead atoms. The van der Waals surface area contributed by atoms with Crippen molar-refractivity contribution < 1.29 is 5.11 Å². The summed E-state index contributed by atoms with van der Waals surface area (Å²) in [6.07, 6.45) is 6.11. The molecule has 0 aromatic carbocycles. The van der Waals surface area contributed by atoms with E-state index >= 15 is 0 Å². The van der Waals surface area contributed by atoms with E-state index in [0.717, 1.165) is 30.8 Å². The second kappa shape index (κ2) is 6.89. The minimum Gasteiger partial charge on any atom is -0.396 e. The number of aliphatic hydroxyl groups excluding tert-OH is 1. The highest BCUT2D eigenvalue weighted by atomic mass is 16.3. The maximum atomic E-state index is 9.82. The largest absolute Gasteiger partial charge is 0.396 e. The van der Waals surface area contributed by atoms with Crippen LogP contribution in [-0.4, -0.2) is 23.2 Å². The van der Waals surface area contributed by atoms with Crippen molar-refractivity contribution in [3.63, 3.8) is 0 Å². The predicted octanol–water partition coefficient (Wildman–Crippen LogP) is 3.60. The molecule has 1 aromatic heterocycles. The Bertz CT molecular complexity index is 455. The number of aryl methyl sites for hydroxylation is 3. The van der Waals surface area contributed by atoms with Crippen LogP contribution in [0, 0.1) is 26.2 Å². The molecule has 0 radical (unpaired) electrons. The molecule has 21 heavy (non-hydrogen) atoms. The molecule has 2 N–H and O–H groups in total. The molecule has 0 aliphatic heterocycles. The number of rotatable bonds is 5. The SMILES string of the molecule is Cc1cc(C)c(C(C)NCC2(CO)CCCCC2)c(C)n1. The molecule has 0 saturated heterocycles. The highest BCUT2D eigenvalue weighted by molar-refractivity contribution is 5.33. The summed E-state index contributed by atoms with van der Waals surface area (Å²) in [6, 6.07) is 2.44. The molecule has 3 heteroatoms. The van der Waals surface area contributed by atoms with Crippen LogP contribution < -0.4 is 5.32 Å². The summed E-state index contributed by atoms with van der Waals surface area (Å²) in [5.41, 5.74) is 4.91. The van der Waals surface area contributed by atoms with Crippen LogP contribution in [0.25, 0.3) is 0 Å². The van der Waals surface area contributed by atoms with Crippen LogP contribution in [0.5, 0.6) is 0 Å². The van der Waals surface area contributed by atoms with Crippen molar-refractivity contribution in [1.29, 1.82) is 0 Å². The Morgan fingerprint density at radius 3 is 2.48 bits per heavy atom. The van der Waals surface area contributed by atoms with Gasteiger partial charge in [0, 0.05) is 36.0 Å². The van der Waals surface area contributed by atoms with Crippen LogP contribution >= 0.6 is 0 Å². The number of nitrogens with one attached hydrogen (secondary N) is 1. The molecular weight excluding hydrogens is 260 g/mol. The fourth-order valence-electron chi connectivity index (χ4n) is 3.85. The van der Waals surface area contributed by atoms with E-state index in [4.69, 9.17) is 0 Å². The van der Waals surface area contributed by atoms with Gasteiger partial charge in [-0.05, 0) is 57.7 Å². The normalized spacial score (nSPS) is 19.5. The minimum absolute atomic E-state index is 0.0897. The summed E-state index contributed by atoms with van der Waals surface area (Å²) in [5.74, 6) is 0. The van der Waals surface area contributed by atoms with E-state index in [2.05, 4.69) is 37.1 Å². The van der Waals surface area contributed by atoms with Gasteiger partial charge in [-0.1, -0.05) is 19.3 Å². The summed E-state index contributed by atoms with van der Waals surface area (Å²) in [6.45, 7) is 9.71. The molecule has 1 heterocycles. The zero-order chi connectivity index (χ0) is 15.5.